The summed E-state index contributed by atoms with van der Waals surface area (Å²) in [7, 11) is -4.12. The number of halogens is 1. The van der Waals surface area contributed by atoms with Crippen LogP contribution in [0, 0.1) is 6.92 Å². The van der Waals surface area contributed by atoms with Crippen molar-refractivity contribution in [2.24, 2.45) is 0 Å². The third-order valence-corrected chi connectivity index (χ3v) is 8.16. The SMILES string of the molecule is CCCCNC(=O)[C@H](C)N(Cc1cccc(C)c1)C(=O)CN(c1cccc(Cl)c1)S(=O)(=O)c1ccccc1. The number of anilines is 1. The van der Waals surface area contributed by atoms with Crippen LogP contribution in [0.25, 0.3) is 0 Å². The van der Waals surface area contributed by atoms with E-state index in [1.165, 1.54) is 23.1 Å². The van der Waals surface area contributed by atoms with Crippen LogP contribution in [-0.2, 0) is 26.2 Å². The molecule has 0 saturated carbocycles. The average molecular weight is 556 g/mol. The Balaban J connectivity index is 1.99. The largest absolute Gasteiger partial charge is 0.354 e. The number of sulfonamides is 1. The van der Waals surface area contributed by atoms with E-state index in [0.717, 1.165) is 28.3 Å². The molecule has 38 heavy (non-hydrogen) atoms. The molecular formula is C29H34ClN3O4S. The number of rotatable bonds is 12. The number of unbranched alkanes of at least 4 members (excludes halogenated alkanes) is 1. The molecule has 0 spiro atoms. The predicted octanol–water partition coefficient (Wildman–Crippen LogP) is 5.18. The highest BCUT2D eigenvalue weighted by molar-refractivity contribution is 7.92. The van der Waals surface area contributed by atoms with Crippen molar-refractivity contribution < 1.29 is 18.0 Å². The Bertz CT molecular complexity index is 1350. The molecule has 0 bridgehead atoms. The first-order chi connectivity index (χ1) is 18.1. The van der Waals surface area contributed by atoms with Gasteiger partial charge in [-0.2, -0.15) is 0 Å². The second kappa shape index (κ2) is 13.4. The van der Waals surface area contributed by atoms with E-state index in [0.29, 0.717) is 11.6 Å². The van der Waals surface area contributed by atoms with Crippen LogP contribution in [0.4, 0.5) is 5.69 Å². The standard InChI is InChI=1S/C29H34ClN3O4S/c1-4-5-17-31-29(35)23(3)32(20-24-12-9-11-22(2)18-24)28(34)21-33(26-14-10-13-25(30)19-26)38(36,37)27-15-7-6-8-16-27/h6-16,18-19,23H,4-5,17,20-21H2,1-3H3,(H,31,35)/t23-/m0/s1. The van der Waals surface area contributed by atoms with E-state index in [9.17, 15) is 18.0 Å². The number of hydrogen-bond donors (Lipinski definition) is 1. The molecule has 7 nitrogen and oxygen atoms in total. The van der Waals surface area contributed by atoms with Gasteiger partial charge in [0.25, 0.3) is 10.0 Å². The van der Waals surface area contributed by atoms with Gasteiger partial charge in [0, 0.05) is 18.1 Å². The highest BCUT2D eigenvalue weighted by Crippen LogP contribution is 2.26. The molecule has 1 N–H and O–H groups in total. The van der Waals surface area contributed by atoms with Crippen LogP contribution in [0.3, 0.4) is 0 Å². The van der Waals surface area contributed by atoms with Crippen LogP contribution >= 0.6 is 11.6 Å². The Morgan fingerprint density at radius 2 is 1.68 bits per heavy atom. The van der Waals surface area contributed by atoms with Crippen LogP contribution in [0.15, 0.2) is 83.8 Å². The first-order valence-electron chi connectivity index (χ1n) is 12.6. The Labute approximate surface area is 230 Å². The molecule has 0 radical (unpaired) electrons. The van der Waals surface area contributed by atoms with Gasteiger partial charge in [-0.25, -0.2) is 8.42 Å². The minimum Gasteiger partial charge on any atom is -0.354 e. The third-order valence-electron chi connectivity index (χ3n) is 6.14. The van der Waals surface area contributed by atoms with Gasteiger partial charge in [-0.3, -0.25) is 13.9 Å². The zero-order valence-electron chi connectivity index (χ0n) is 21.9. The zero-order chi connectivity index (χ0) is 27.7. The topological polar surface area (TPSA) is 86.8 Å². The van der Waals surface area contributed by atoms with Crippen molar-refractivity contribution in [1.29, 1.82) is 0 Å². The number of aryl methyl sites for hydroxylation is 1. The van der Waals surface area contributed by atoms with Crippen molar-refractivity contribution in [1.82, 2.24) is 10.2 Å². The summed E-state index contributed by atoms with van der Waals surface area (Å²) in [5, 5.41) is 3.22. The van der Waals surface area contributed by atoms with Gasteiger partial charge in [-0.05, 0) is 56.2 Å². The molecular weight excluding hydrogens is 522 g/mol. The molecule has 9 heteroatoms. The Kier molecular flexibility index (Phi) is 10.3. The number of amides is 2. The molecule has 0 aliphatic rings. The monoisotopic (exact) mass is 555 g/mol. The molecule has 3 rings (SSSR count). The van der Waals surface area contributed by atoms with E-state index in [4.69, 9.17) is 11.6 Å². The van der Waals surface area contributed by atoms with Gasteiger partial charge in [0.2, 0.25) is 11.8 Å². The summed E-state index contributed by atoms with van der Waals surface area (Å²) < 4.78 is 28.5. The number of nitrogens with one attached hydrogen (secondary N) is 1. The van der Waals surface area contributed by atoms with Gasteiger partial charge in [0.15, 0.2) is 0 Å². The van der Waals surface area contributed by atoms with Crippen LogP contribution in [0.5, 0.6) is 0 Å². The highest BCUT2D eigenvalue weighted by Gasteiger charge is 2.32. The lowest BCUT2D eigenvalue weighted by atomic mass is 10.1. The van der Waals surface area contributed by atoms with E-state index in [1.54, 1.807) is 43.3 Å². The van der Waals surface area contributed by atoms with Gasteiger partial charge in [0.05, 0.1) is 10.6 Å². The maximum Gasteiger partial charge on any atom is 0.264 e. The fraction of sp³-hybridized carbons (Fsp3) is 0.310. The summed E-state index contributed by atoms with van der Waals surface area (Å²) in [6, 6.07) is 21.1. The molecule has 202 valence electrons. The summed E-state index contributed by atoms with van der Waals surface area (Å²) in [6.07, 6.45) is 1.74. The molecule has 0 saturated heterocycles. The molecule has 2 amide bonds. The Hall–Kier alpha value is -3.36. The van der Waals surface area contributed by atoms with Gasteiger partial charge in [-0.1, -0.05) is 79.0 Å². The van der Waals surface area contributed by atoms with Gasteiger partial charge >= 0.3 is 0 Å². The van der Waals surface area contributed by atoms with E-state index < -0.39 is 28.5 Å². The smallest absolute Gasteiger partial charge is 0.264 e. The number of benzene rings is 3. The first-order valence-corrected chi connectivity index (χ1v) is 14.4. The maximum atomic E-state index is 13.9. The van der Waals surface area contributed by atoms with Crippen LogP contribution in [-0.4, -0.2) is 44.3 Å². The van der Waals surface area contributed by atoms with Crippen molar-refractivity contribution in [3.8, 4) is 0 Å². The molecule has 0 aromatic heterocycles. The normalized spacial score (nSPS) is 12.0. The van der Waals surface area contributed by atoms with E-state index in [2.05, 4.69) is 5.32 Å². The lowest BCUT2D eigenvalue weighted by molar-refractivity contribution is -0.139. The molecule has 0 aliphatic carbocycles. The Morgan fingerprint density at radius 3 is 2.34 bits per heavy atom. The summed E-state index contributed by atoms with van der Waals surface area (Å²) in [5.74, 6) is -0.802. The van der Waals surface area contributed by atoms with E-state index in [-0.39, 0.29) is 23.0 Å². The second-order valence-corrected chi connectivity index (χ2v) is 11.4. The van der Waals surface area contributed by atoms with Crippen molar-refractivity contribution in [3.05, 3.63) is 95.0 Å². The summed E-state index contributed by atoms with van der Waals surface area (Å²) in [5.41, 5.74) is 2.11. The van der Waals surface area contributed by atoms with Crippen molar-refractivity contribution in [2.75, 3.05) is 17.4 Å². The number of carbonyl (C=O) groups excluding carboxylic acids is 2. The molecule has 3 aromatic rings. The number of nitrogens with zero attached hydrogens (tertiary/aromatic N) is 2. The summed E-state index contributed by atoms with van der Waals surface area (Å²) in [4.78, 5) is 28.3. The minimum atomic E-state index is -4.12. The van der Waals surface area contributed by atoms with Gasteiger partial charge < -0.3 is 10.2 Å². The van der Waals surface area contributed by atoms with Crippen molar-refractivity contribution >= 4 is 39.1 Å². The molecule has 0 aliphatic heterocycles. The van der Waals surface area contributed by atoms with Crippen molar-refractivity contribution in [3.63, 3.8) is 0 Å². The fourth-order valence-corrected chi connectivity index (χ4v) is 5.62. The molecule has 0 heterocycles. The molecule has 3 aromatic carbocycles. The predicted molar refractivity (Wildman–Crippen MR) is 152 cm³/mol. The lowest BCUT2D eigenvalue weighted by Gasteiger charge is -2.32. The number of hydrogen-bond acceptors (Lipinski definition) is 4. The molecule has 0 fully saturated rings. The highest BCUT2D eigenvalue weighted by atomic mass is 35.5. The van der Waals surface area contributed by atoms with Crippen LogP contribution in [0.1, 0.15) is 37.8 Å². The minimum absolute atomic E-state index is 0.0448. The Morgan fingerprint density at radius 1 is 0.974 bits per heavy atom. The fourth-order valence-electron chi connectivity index (χ4n) is 4.01. The van der Waals surface area contributed by atoms with E-state index >= 15 is 0 Å². The summed E-state index contributed by atoms with van der Waals surface area (Å²) in [6.45, 7) is 5.78. The first kappa shape index (κ1) is 29.2. The quantitative estimate of drug-likeness (QED) is 0.312. The van der Waals surface area contributed by atoms with Crippen molar-refractivity contribution in [2.45, 2.75) is 51.1 Å². The number of carbonyl (C=O) groups is 2. The summed E-state index contributed by atoms with van der Waals surface area (Å²) >= 11 is 6.19. The van der Waals surface area contributed by atoms with Crippen LogP contribution < -0.4 is 9.62 Å². The van der Waals surface area contributed by atoms with Crippen LogP contribution in [0.2, 0.25) is 5.02 Å². The second-order valence-electron chi connectivity index (χ2n) is 9.14. The third kappa shape index (κ3) is 7.58. The van der Waals surface area contributed by atoms with Gasteiger partial charge in [-0.15, -0.1) is 0 Å². The lowest BCUT2D eigenvalue weighted by Crippen LogP contribution is -2.51. The molecule has 0 unspecified atom stereocenters. The zero-order valence-corrected chi connectivity index (χ0v) is 23.5. The van der Waals surface area contributed by atoms with E-state index in [1.807, 2.05) is 38.1 Å². The maximum absolute atomic E-state index is 13.9. The average Bonchev–Trinajstić information content (AvgIpc) is 2.90. The molecule has 1 atom stereocenters. The van der Waals surface area contributed by atoms with Gasteiger partial charge in [0.1, 0.15) is 12.6 Å².